The second-order valence-electron chi connectivity index (χ2n) is 8.12. The van der Waals surface area contributed by atoms with E-state index in [1.54, 1.807) is 18.2 Å². The number of nitrogens with zero attached hydrogens (tertiary/aromatic N) is 3. The number of likely N-dealkylation sites (tertiary alicyclic amines) is 1. The fraction of sp³-hybridized carbons (Fsp3) is 0.650. The number of ether oxygens (including phenoxy) is 1. The Bertz CT molecular complexity index is 801. The van der Waals surface area contributed by atoms with Crippen molar-refractivity contribution in [3.05, 3.63) is 29.8 Å². The van der Waals surface area contributed by atoms with Gasteiger partial charge in [-0.2, -0.15) is 4.31 Å². The molecule has 28 heavy (non-hydrogen) atoms. The van der Waals surface area contributed by atoms with Gasteiger partial charge in [-0.3, -0.25) is 4.79 Å². The number of amides is 1. The molecule has 0 bridgehead atoms. The van der Waals surface area contributed by atoms with Crippen molar-refractivity contribution < 1.29 is 17.9 Å². The van der Waals surface area contributed by atoms with Crippen LogP contribution in [0.5, 0.6) is 0 Å². The van der Waals surface area contributed by atoms with Gasteiger partial charge in [-0.15, -0.1) is 0 Å². The minimum Gasteiger partial charge on any atom is -0.373 e. The third-order valence-corrected chi connectivity index (χ3v) is 7.35. The van der Waals surface area contributed by atoms with E-state index in [4.69, 9.17) is 4.74 Å². The molecule has 2 aliphatic rings. The Morgan fingerprint density at radius 1 is 1.14 bits per heavy atom. The average Bonchev–Trinajstić information content (AvgIpc) is 2.67. The molecule has 3 rings (SSSR count). The lowest BCUT2D eigenvalue weighted by Crippen LogP contribution is -2.48. The molecule has 2 aliphatic heterocycles. The third kappa shape index (κ3) is 4.56. The van der Waals surface area contributed by atoms with Gasteiger partial charge in [0.05, 0.1) is 17.1 Å². The number of morpholine rings is 1. The predicted molar refractivity (Wildman–Crippen MR) is 108 cm³/mol. The van der Waals surface area contributed by atoms with Gasteiger partial charge in [0, 0.05) is 37.8 Å². The first-order valence-electron chi connectivity index (χ1n) is 9.90. The van der Waals surface area contributed by atoms with Crippen LogP contribution in [0.25, 0.3) is 0 Å². The monoisotopic (exact) mass is 409 g/mol. The normalized spacial score (nSPS) is 27.2. The second kappa shape index (κ2) is 8.49. The van der Waals surface area contributed by atoms with Crippen LogP contribution in [0.15, 0.2) is 29.2 Å². The number of hydrogen-bond donors (Lipinski definition) is 0. The van der Waals surface area contributed by atoms with Gasteiger partial charge in [0.1, 0.15) is 0 Å². The summed E-state index contributed by atoms with van der Waals surface area (Å²) >= 11 is 0. The molecule has 1 amide bonds. The smallest absolute Gasteiger partial charge is 0.253 e. The number of piperidine rings is 1. The molecule has 0 aromatic heterocycles. The molecule has 8 heteroatoms. The first-order valence-corrected chi connectivity index (χ1v) is 11.3. The Balaban J connectivity index is 1.80. The molecule has 0 radical (unpaired) electrons. The van der Waals surface area contributed by atoms with E-state index in [1.165, 1.54) is 10.4 Å². The SMILES string of the molecule is CC1CN(S(=O)(=O)c2cccc(C(=O)N3CCCC(N(C)C)C3)c2)CC(C)O1. The Morgan fingerprint density at radius 2 is 1.82 bits per heavy atom. The number of hydrogen-bond acceptors (Lipinski definition) is 5. The molecule has 2 heterocycles. The zero-order chi connectivity index (χ0) is 20.5. The van der Waals surface area contributed by atoms with E-state index in [0.29, 0.717) is 37.8 Å². The molecule has 1 aromatic rings. The van der Waals surface area contributed by atoms with Crippen molar-refractivity contribution in [3.63, 3.8) is 0 Å². The van der Waals surface area contributed by atoms with Gasteiger partial charge in [0.15, 0.2) is 0 Å². The summed E-state index contributed by atoms with van der Waals surface area (Å²) in [6, 6.07) is 6.77. The standard InChI is InChI=1S/C20H31N3O4S/c1-15-12-23(13-16(2)27-15)28(25,26)19-9-5-7-17(11-19)20(24)22-10-6-8-18(14-22)21(3)4/h5,7,9,11,15-16,18H,6,8,10,12-14H2,1-4H3. The first kappa shape index (κ1) is 21.2. The highest BCUT2D eigenvalue weighted by Crippen LogP contribution is 2.23. The molecule has 2 fully saturated rings. The molecule has 0 saturated carbocycles. The van der Waals surface area contributed by atoms with E-state index in [2.05, 4.69) is 4.90 Å². The van der Waals surface area contributed by atoms with Gasteiger partial charge in [0.25, 0.3) is 5.91 Å². The number of likely N-dealkylation sites (N-methyl/N-ethyl adjacent to an activating group) is 1. The molecular formula is C20H31N3O4S. The molecule has 156 valence electrons. The lowest BCUT2D eigenvalue weighted by Gasteiger charge is -2.36. The summed E-state index contributed by atoms with van der Waals surface area (Å²) in [5.41, 5.74) is 0.426. The largest absolute Gasteiger partial charge is 0.373 e. The predicted octanol–water partition coefficient (Wildman–Crippen LogP) is 1.65. The van der Waals surface area contributed by atoms with Gasteiger partial charge in [-0.05, 0) is 59.0 Å². The van der Waals surface area contributed by atoms with Gasteiger partial charge in [0.2, 0.25) is 10.0 Å². The van der Waals surface area contributed by atoms with Crippen molar-refractivity contribution in [2.24, 2.45) is 0 Å². The molecule has 0 aliphatic carbocycles. The molecule has 0 spiro atoms. The van der Waals surface area contributed by atoms with Gasteiger partial charge in [-0.1, -0.05) is 6.07 Å². The van der Waals surface area contributed by atoms with Crippen LogP contribution in [-0.4, -0.2) is 87.0 Å². The maximum Gasteiger partial charge on any atom is 0.253 e. The van der Waals surface area contributed by atoms with E-state index in [0.717, 1.165) is 12.8 Å². The van der Waals surface area contributed by atoms with Crippen LogP contribution in [0.4, 0.5) is 0 Å². The third-order valence-electron chi connectivity index (χ3n) is 5.52. The van der Waals surface area contributed by atoms with E-state index in [-0.39, 0.29) is 23.0 Å². The lowest BCUT2D eigenvalue weighted by atomic mass is 10.0. The van der Waals surface area contributed by atoms with Gasteiger partial charge in [-0.25, -0.2) is 8.42 Å². The minimum absolute atomic E-state index is 0.104. The summed E-state index contributed by atoms with van der Waals surface area (Å²) < 4.78 is 33.3. The maximum atomic E-state index is 13.1. The number of carbonyl (C=O) groups is 1. The van der Waals surface area contributed by atoms with Crippen molar-refractivity contribution >= 4 is 15.9 Å². The van der Waals surface area contributed by atoms with Crippen molar-refractivity contribution in [2.45, 2.75) is 49.8 Å². The first-order chi connectivity index (χ1) is 13.2. The van der Waals surface area contributed by atoms with Crippen LogP contribution >= 0.6 is 0 Å². The van der Waals surface area contributed by atoms with Crippen LogP contribution in [0, 0.1) is 0 Å². The van der Waals surface area contributed by atoms with Crippen LogP contribution in [0.1, 0.15) is 37.0 Å². The fourth-order valence-corrected chi connectivity index (χ4v) is 5.65. The van der Waals surface area contributed by atoms with Crippen molar-refractivity contribution in [3.8, 4) is 0 Å². The Labute approximate surface area is 168 Å². The summed E-state index contributed by atoms with van der Waals surface area (Å²) in [5, 5.41) is 0. The van der Waals surface area contributed by atoms with Gasteiger partial charge < -0.3 is 14.5 Å². The molecule has 2 saturated heterocycles. The zero-order valence-corrected chi connectivity index (χ0v) is 18.0. The molecule has 7 nitrogen and oxygen atoms in total. The molecule has 3 unspecified atom stereocenters. The lowest BCUT2D eigenvalue weighted by molar-refractivity contribution is -0.0440. The van der Waals surface area contributed by atoms with E-state index in [9.17, 15) is 13.2 Å². The maximum absolute atomic E-state index is 13.1. The van der Waals surface area contributed by atoms with Crippen LogP contribution < -0.4 is 0 Å². The second-order valence-corrected chi connectivity index (χ2v) is 10.1. The quantitative estimate of drug-likeness (QED) is 0.756. The topological polar surface area (TPSA) is 70.2 Å². The number of sulfonamides is 1. The number of carbonyl (C=O) groups excluding carboxylic acids is 1. The minimum atomic E-state index is -3.66. The average molecular weight is 410 g/mol. The molecule has 0 N–H and O–H groups in total. The fourth-order valence-electron chi connectivity index (χ4n) is 4.01. The Hall–Kier alpha value is -1.48. The Morgan fingerprint density at radius 3 is 2.46 bits per heavy atom. The molecule has 3 atom stereocenters. The van der Waals surface area contributed by atoms with E-state index in [1.807, 2.05) is 32.8 Å². The highest BCUT2D eigenvalue weighted by molar-refractivity contribution is 7.89. The zero-order valence-electron chi connectivity index (χ0n) is 17.2. The summed E-state index contributed by atoms with van der Waals surface area (Å²) in [6.45, 7) is 5.76. The summed E-state index contributed by atoms with van der Waals surface area (Å²) in [6.07, 6.45) is 1.72. The van der Waals surface area contributed by atoms with Crippen molar-refractivity contribution in [1.29, 1.82) is 0 Å². The van der Waals surface area contributed by atoms with Crippen LogP contribution in [-0.2, 0) is 14.8 Å². The summed E-state index contributed by atoms with van der Waals surface area (Å²) in [5.74, 6) is -0.104. The molecular weight excluding hydrogens is 378 g/mol. The van der Waals surface area contributed by atoms with Gasteiger partial charge >= 0.3 is 0 Å². The van der Waals surface area contributed by atoms with Crippen molar-refractivity contribution in [2.75, 3.05) is 40.3 Å². The highest BCUT2D eigenvalue weighted by atomic mass is 32.2. The summed E-state index contributed by atoms with van der Waals surface area (Å²) in [7, 11) is 0.383. The van der Waals surface area contributed by atoms with Crippen LogP contribution in [0.3, 0.4) is 0 Å². The van der Waals surface area contributed by atoms with Crippen LogP contribution in [0.2, 0.25) is 0 Å². The van der Waals surface area contributed by atoms with Crippen molar-refractivity contribution in [1.82, 2.24) is 14.1 Å². The van der Waals surface area contributed by atoms with E-state index < -0.39 is 10.0 Å². The number of rotatable bonds is 4. The number of benzene rings is 1. The highest BCUT2D eigenvalue weighted by Gasteiger charge is 2.33. The Kier molecular flexibility index (Phi) is 6.44. The summed E-state index contributed by atoms with van der Waals surface area (Å²) in [4.78, 5) is 17.1. The van der Waals surface area contributed by atoms with E-state index >= 15 is 0 Å². The molecule has 1 aromatic carbocycles.